The van der Waals surface area contributed by atoms with Crippen LogP contribution in [0.15, 0.2) is 22.5 Å². The number of fused-ring (bicyclic) bond motifs is 1. The molecule has 3 rings (SSSR count). The van der Waals surface area contributed by atoms with E-state index in [1.165, 1.54) is 11.3 Å². The standard InChI is InChI=1S/C15H15F3N4OS/c16-15(17,18)13-9-4-1-2-5-10(9)22(21-13)8-12(23)20-14(19)11-6-3-7-24-11/h3,6-7H,1-2,4-5,8H2,(H2,19,20,23). The van der Waals surface area contributed by atoms with Crippen LogP contribution in [0.25, 0.3) is 0 Å². The number of aliphatic imine (C=N–C) groups is 1. The minimum atomic E-state index is -4.52. The fraction of sp³-hybridized carbons (Fsp3) is 0.400. The van der Waals surface area contributed by atoms with Gasteiger partial charge in [-0.15, -0.1) is 11.3 Å². The minimum absolute atomic E-state index is 0.0621. The maximum absolute atomic E-state index is 13.1. The van der Waals surface area contributed by atoms with Gasteiger partial charge in [0.05, 0.1) is 4.88 Å². The summed E-state index contributed by atoms with van der Waals surface area (Å²) >= 11 is 1.33. The van der Waals surface area contributed by atoms with Gasteiger partial charge in [-0.05, 0) is 37.1 Å². The Morgan fingerprint density at radius 1 is 1.38 bits per heavy atom. The molecule has 0 saturated carbocycles. The highest BCUT2D eigenvalue weighted by Crippen LogP contribution is 2.35. The number of hydrogen-bond donors (Lipinski definition) is 1. The number of carbonyl (C=O) groups is 1. The molecular formula is C15H15F3N4OS. The lowest BCUT2D eigenvalue weighted by atomic mass is 9.95. The molecule has 0 saturated heterocycles. The van der Waals surface area contributed by atoms with E-state index < -0.39 is 17.8 Å². The van der Waals surface area contributed by atoms with Gasteiger partial charge in [0, 0.05) is 11.3 Å². The maximum atomic E-state index is 13.1. The summed E-state index contributed by atoms with van der Waals surface area (Å²) in [4.78, 5) is 16.5. The van der Waals surface area contributed by atoms with Crippen molar-refractivity contribution in [2.24, 2.45) is 10.7 Å². The van der Waals surface area contributed by atoms with Crippen molar-refractivity contribution in [3.05, 3.63) is 39.3 Å². The van der Waals surface area contributed by atoms with Crippen LogP contribution in [0.5, 0.6) is 0 Å². The first kappa shape index (κ1) is 16.7. The summed E-state index contributed by atoms with van der Waals surface area (Å²) in [5, 5.41) is 5.43. The van der Waals surface area contributed by atoms with Crippen LogP contribution >= 0.6 is 11.3 Å². The Morgan fingerprint density at radius 2 is 2.12 bits per heavy atom. The molecule has 0 radical (unpaired) electrons. The molecule has 9 heteroatoms. The number of nitrogens with zero attached hydrogens (tertiary/aromatic N) is 3. The van der Waals surface area contributed by atoms with Gasteiger partial charge in [0.25, 0.3) is 5.91 Å². The van der Waals surface area contributed by atoms with Crippen LogP contribution in [0.1, 0.15) is 34.7 Å². The predicted molar refractivity (Wildman–Crippen MR) is 83.9 cm³/mol. The average Bonchev–Trinajstić information content (AvgIpc) is 3.15. The Kier molecular flexibility index (Phi) is 4.44. The highest BCUT2D eigenvalue weighted by molar-refractivity contribution is 7.12. The Morgan fingerprint density at radius 3 is 2.79 bits per heavy atom. The first-order valence-electron chi connectivity index (χ1n) is 7.43. The van der Waals surface area contributed by atoms with Crippen molar-refractivity contribution in [2.75, 3.05) is 0 Å². The number of amides is 1. The number of thiophene rings is 1. The summed E-state index contributed by atoms with van der Waals surface area (Å²) in [5.41, 5.74) is 5.53. The first-order chi connectivity index (χ1) is 11.4. The second kappa shape index (κ2) is 6.39. The highest BCUT2D eigenvalue weighted by Gasteiger charge is 2.39. The van der Waals surface area contributed by atoms with E-state index in [0.717, 1.165) is 11.1 Å². The van der Waals surface area contributed by atoms with Crippen molar-refractivity contribution >= 4 is 23.1 Å². The molecule has 1 aliphatic carbocycles. The Hall–Kier alpha value is -2.16. The van der Waals surface area contributed by atoms with Crippen LogP contribution in [-0.4, -0.2) is 21.5 Å². The molecule has 24 heavy (non-hydrogen) atoms. The van der Waals surface area contributed by atoms with Gasteiger partial charge in [-0.25, -0.2) is 0 Å². The van der Waals surface area contributed by atoms with E-state index in [1.807, 2.05) is 0 Å². The number of aromatic nitrogens is 2. The van der Waals surface area contributed by atoms with E-state index in [1.54, 1.807) is 17.5 Å². The zero-order valence-corrected chi connectivity index (χ0v) is 13.5. The van der Waals surface area contributed by atoms with Gasteiger partial charge < -0.3 is 5.73 Å². The molecule has 2 aromatic rings. The Balaban J connectivity index is 1.86. The van der Waals surface area contributed by atoms with Crippen LogP contribution in [0, 0.1) is 0 Å². The molecule has 0 aromatic carbocycles. The number of carbonyl (C=O) groups excluding carboxylic acids is 1. The molecule has 2 N–H and O–H groups in total. The topological polar surface area (TPSA) is 73.3 Å². The zero-order valence-electron chi connectivity index (χ0n) is 12.6. The van der Waals surface area contributed by atoms with Gasteiger partial charge in [0.2, 0.25) is 0 Å². The average molecular weight is 356 g/mol. The second-order valence-electron chi connectivity index (χ2n) is 5.50. The van der Waals surface area contributed by atoms with Crippen molar-refractivity contribution in [3.63, 3.8) is 0 Å². The van der Waals surface area contributed by atoms with Crippen molar-refractivity contribution < 1.29 is 18.0 Å². The molecule has 5 nitrogen and oxygen atoms in total. The van der Waals surface area contributed by atoms with E-state index in [9.17, 15) is 18.0 Å². The zero-order chi connectivity index (χ0) is 17.3. The van der Waals surface area contributed by atoms with E-state index in [2.05, 4.69) is 10.1 Å². The van der Waals surface area contributed by atoms with Crippen molar-refractivity contribution in [2.45, 2.75) is 38.4 Å². The largest absolute Gasteiger partial charge is 0.435 e. The lowest BCUT2D eigenvalue weighted by Gasteiger charge is -2.14. The predicted octanol–water partition coefficient (Wildman–Crippen LogP) is 2.77. The summed E-state index contributed by atoms with van der Waals surface area (Å²) in [6, 6.07) is 3.49. The van der Waals surface area contributed by atoms with Gasteiger partial charge >= 0.3 is 6.18 Å². The molecular weight excluding hydrogens is 341 g/mol. The quantitative estimate of drug-likeness (QED) is 0.679. The molecule has 2 heterocycles. The van der Waals surface area contributed by atoms with Crippen LogP contribution in [0.2, 0.25) is 0 Å². The number of alkyl halides is 3. The molecule has 1 amide bonds. The third-order valence-electron chi connectivity index (χ3n) is 3.83. The molecule has 0 fully saturated rings. The lowest BCUT2D eigenvalue weighted by molar-refractivity contribution is -0.142. The molecule has 0 spiro atoms. The molecule has 128 valence electrons. The highest BCUT2D eigenvalue weighted by atomic mass is 32.1. The minimum Gasteiger partial charge on any atom is -0.382 e. The monoisotopic (exact) mass is 356 g/mol. The van der Waals surface area contributed by atoms with Crippen LogP contribution in [-0.2, 0) is 30.4 Å². The molecule has 1 aliphatic rings. The normalized spacial score (nSPS) is 15.4. The van der Waals surface area contributed by atoms with Gasteiger partial charge in [-0.3, -0.25) is 9.48 Å². The molecule has 0 unspecified atom stereocenters. The Labute approximate surface area is 140 Å². The molecule has 2 aromatic heterocycles. The summed E-state index contributed by atoms with van der Waals surface area (Å²) in [6.07, 6.45) is -2.23. The molecule has 0 aliphatic heterocycles. The van der Waals surface area contributed by atoms with Crippen molar-refractivity contribution in [3.8, 4) is 0 Å². The number of hydrogen-bond acceptors (Lipinski definition) is 3. The van der Waals surface area contributed by atoms with Gasteiger partial charge in [-0.1, -0.05) is 6.07 Å². The third kappa shape index (κ3) is 3.35. The summed E-state index contributed by atoms with van der Waals surface area (Å²) < 4.78 is 40.5. The lowest BCUT2D eigenvalue weighted by Crippen LogP contribution is -2.19. The first-order valence-corrected chi connectivity index (χ1v) is 8.31. The maximum Gasteiger partial charge on any atom is 0.435 e. The van der Waals surface area contributed by atoms with Gasteiger partial charge in [0.1, 0.15) is 12.4 Å². The van der Waals surface area contributed by atoms with E-state index in [0.29, 0.717) is 29.8 Å². The van der Waals surface area contributed by atoms with Gasteiger partial charge in [-0.2, -0.15) is 23.3 Å². The fourth-order valence-corrected chi connectivity index (χ4v) is 3.43. The number of amidine groups is 1. The molecule has 0 atom stereocenters. The van der Waals surface area contributed by atoms with E-state index in [-0.39, 0.29) is 17.9 Å². The summed E-state index contributed by atoms with van der Waals surface area (Å²) in [7, 11) is 0. The van der Waals surface area contributed by atoms with Gasteiger partial charge in [0.15, 0.2) is 5.69 Å². The smallest absolute Gasteiger partial charge is 0.382 e. The van der Waals surface area contributed by atoms with Crippen molar-refractivity contribution in [1.29, 1.82) is 0 Å². The van der Waals surface area contributed by atoms with E-state index >= 15 is 0 Å². The Bertz CT molecular complexity index is 777. The molecule has 0 bridgehead atoms. The third-order valence-corrected chi connectivity index (χ3v) is 4.72. The van der Waals surface area contributed by atoms with Crippen molar-refractivity contribution in [1.82, 2.24) is 9.78 Å². The van der Waals surface area contributed by atoms with Crippen LogP contribution in [0.4, 0.5) is 13.2 Å². The number of nitrogens with two attached hydrogens (primary N) is 1. The summed E-state index contributed by atoms with van der Waals surface area (Å²) in [6.45, 7) is -0.343. The SMILES string of the molecule is NC(=NC(=O)Cn1nc(C(F)(F)F)c2c1CCCC2)c1cccs1. The fourth-order valence-electron chi connectivity index (χ4n) is 2.81. The number of halogens is 3. The van der Waals surface area contributed by atoms with E-state index in [4.69, 9.17) is 5.73 Å². The second-order valence-corrected chi connectivity index (χ2v) is 6.45. The van der Waals surface area contributed by atoms with Crippen LogP contribution in [0.3, 0.4) is 0 Å². The van der Waals surface area contributed by atoms with Crippen LogP contribution < -0.4 is 5.73 Å². The summed E-state index contributed by atoms with van der Waals surface area (Å²) in [5.74, 6) is -0.558. The number of rotatable bonds is 3.